The van der Waals surface area contributed by atoms with Gasteiger partial charge in [-0.2, -0.15) is 0 Å². The Balaban J connectivity index is 1.69. The molecule has 2 amide bonds. The molecule has 0 bridgehead atoms. The number of rotatable bonds is 3. The second-order valence-corrected chi connectivity index (χ2v) is 5.74. The summed E-state index contributed by atoms with van der Waals surface area (Å²) < 4.78 is 0. The van der Waals surface area contributed by atoms with Crippen molar-refractivity contribution in [2.24, 2.45) is 5.92 Å². The van der Waals surface area contributed by atoms with Crippen molar-refractivity contribution < 1.29 is 14.7 Å². The third-order valence-electron chi connectivity index (χ3n) is 4.17. The lowest BCUT2D eigenvalue weighted by molar-refractivity contribution is -0.141. The minimum atomic E-state index is -0.750. The Morgan fingerprint density at radius 3 is 2.26 bits per heavy atom. The number of aliphatic carboxylic acids is 1. The van der Waals surface area contributed by atoms with Gasteiger partial charge in [-0.05, 0) is 52.2 Å². The standard InChI is InChI=1S/C13H23N3O3/c1-16-6-4-10(5-7-16)14-13(19)15-11-3-2-9(8-11)12(17)18/h9-11H,2-8H2,1H3,(H,17,18)(H2,14,15,19). The fourth-order valence-corrected chi connectivity index (χ4v) is 2.90. The van der Waals surface area contributed by atoms with Crippen LogP contribution in [-0.2, 0) is 4.79 Å². The van der Waals surface area contributed by atoms with Crippen molar-refractivity contribution in [3.8, 4) is 0 Å². The first kappa shape index (κ1) is 14.1. The van der Waals surface area contributed by atoms with Gasteiger partial charge in [-0.3, -0.25) is 4.79 Å². The lowest BCUT2D eigenvalue weighted by atomic mass is 10.1. The predicted octanol–water partition coefficient (Wildman–Crippen LogP) is 0.633. The first-order chi connectivity index (χ1) is 9.04. The van der Waals surface area contributed by atoms with Crippen molar-refractivity contribution in [1.29, 1.82) is 0 Å². The molecule has 1 aliphatic heterocycles. The lowest BCUT2D eigenvalue weighted by Crippen LogP contribution is -2.49. The second kappa shape index (κ2) is 6.23. The Labute approximate surface area is 113 Å². The summed E-state index contributed by atoms with van der Waals surface area (Å²) in [7, 11) is 2.08. The molecular weight excluding hydrogens is 246 g/mol. The molecular formula is C13H23N3O3. The number of hydrogen-bond acceptors (Lipinski definition) is 3. The van der Waals surface area contributed by atoms with Gasteiger partial charge in [-0.25, -0.2) is 4.79 Å². The van der Waals surface area contributed by atoms with Crippen LogP contribution < -0.4 is 10.6 Å². The fraction of sp³-hybridized carbons (Fsp3) is 0.846. The van der Waals surface area contributed by atoms with Crippen molar-refractivity contribution >= 4 is 12.0 Å². The number of carboxylic acids is 1. The number of hydrogen-bond donors (Lipinski definition) is 3. The van der Waals surface area contributed by atoms with Crippen molar-refractivity contribution in [1.82, 2.24) is 15.5 Å². The van der Waals surface area contributed by atoms with E-state index < -0.39 is 5.97 Å². The van der Waals surface area contributed by atoms with Crippen LogP contribution in [0.2, 0.25) is 0 Å². The molecule has 2 unspecified atom stereocenters. The van der Waals surface area contributed by atoms with Gasteiger partial charge in [0.25, 0.3) is 0 Å². The van der Waals surface area contributed by atoms with Crippen molar-refractivity contribution in [3.63, 3.8) is 0 Å². The summed E-state index contributed by atoms with van der Waals surface area (Å²) in [6, 6.07) is 0.103. The Hall–Kier alpha value is -1.30. The van der Waals surface area contributed by atoms with Crippen molar-refractivity contribution in [3.05, 3.63) is 0 Å². The zero-order valence-corrected chi connectivity index (χ0v) is 11.4. The molecule has 1 saturated heterocycles. The summed E-state index contributed by atoms with van der Waals surface area (Å²) in [6.07, 6.45) is 3.93. The van der Waals surface area contributed by atoms with Gasteiger partial charge >= 0.3 is 12.0 Å². The third kappa shape index (κ3) is 4.09. The molecule has 1 heterocycles. The lowest BCUT2D eigenvalue weighted by Gasteiger charge is -2.29. The highest BCUT2D eigenvalue weighted by molar-refractivity contribution is 5.75. The Morgan fingerprint density at radius 2 is 1.68 bits per heavy atom. The third-order valence-corrected chi connectivity index (χ3v) is 4.17. The molecule has 108 valence electrons. The molecule has 2 aliphatic rings. The number of nitrogens with one attached hydrogen (secondary N) is 2. The summed E-state index contributed by atoms with van der Waals surface area (Å²) in [5, 5.41) is 14.8. The molecule has 2 fully saturated rings. The monoisotopic (exact) mass is 269 g/mol. The van der Waals surface area contributed by atoms with Crippen molar-refractivity contribution in [2.75, 3.05) is 20.1 Å². The number of carboxylic acid groups (broad SMARTS) is 1. The molecule has 6 nitrogen and oxygen atoms in total. The largest absolute Gasteiger partial charge is 0.481 e. The van der Waals surface area contributed by atoms with E-state index in [-0.39, 0.29) is 24.0 Å². The van der Waals surface area contributed by atoms with E-state index in [0.717, 1.165) is 32.4 Å². The molecule has 0 spiro atoms. The SMILES string of the molecule is CN1CCC(NC(=O)NC2CCC(C(=O)O)C2)CC1. The van der Waals surface area contributed by atoms with E-state index in [9.17, 15) is 9.59 Å². The zero-order chi connectivity index (χ0) is 13.8. The highest BCUT2D eigenvalue weighted by Crippen LogP contribution is 2.25. The fourth-order valence-electron chi connectivity index (χ4n) is 2.90. The molecule has 6 heteroatoms. The number of likely N-dealkylation sites (tertiary alicyclic amines) is 1. The van der Waals surface area contributed by atoms with E-state index in [4.69, 9.17) is 5.11 Å². The summed E-state index contributed by atoms with van der Waals surface area (Å²) in [5.41, 5.74) is 0. The number of carbonyl (C=O) groups excluding carboxylic acids is 1. The topological polar surface area (TPSA) is 81.7 Å². The van der Waals surface area contributed by atoms with Gasteiger partial charge in [0, 0.05) is 12.1 Å². The number of urea groups is 1. The smallest absolute Gasteiger partial charge is 0.315 e. The Kier molecular flexibility index (Phi) is 4.63. The molecule has 0 aromatic rings. The van der Waals surface area contributed by atoms with Crippen LogP contribution >= 0.6 is 0 Å². The number of piperidine rings is 1. The van der Waals surface area contributed by atoms with Gasteiger partial charge in [0.1, 0.15) is 0 Å². The van der Waals surface area contributed by atoms with E-state index in [1.807, 2.05) is 0 Å². The van der Waals surface area contributed by atoms with Gasteiger partial charge in [-0.1, -0.05) is 0 Å². The molecule has 0 radical (unpaired) electrons. The maximum absolute atomic E-state index is 11.8. The minimum absolute atomic E-state index is 0.00682. The summed E-state index contributed by atoms with van der Waals surface area (Å²) >= 11 is 0. The normalized spacial score (nSPS) is 29.1. The van der Waals surface area contributed by atoms with Crippen molar-refractivity contribution in [2.45, 2.75) is 44.2 Å². The van der Waals surface area contributed by atoms with Crippen LogP contribution in [0.3, 0.4) is 0 Å². The first-order valence-electron chi connectivity index (χ1n) is 7.03. The van der Waals surface area contributed by atoms with Crippen LogP contribution in [-0.4, -0.2) is 54.2 Å². The Bertz CT molecular complexity index is 340. The van der Waals surface area contributed by atoms with E-state index >= 15 is 0 Å². The van der Waals surface area contributed by atoms with Crippen LogP contribution in [0.15, 0.2) is 0 Å². The molecule has 2 rings (SSSR count). The molecule has 3 N–H and O–H groups in total. The molecule has 0 aromatic carbocycles. The van der Waals surface area contributed by atoms with Crippen LogP contribution in [0.25, 0.3) is 0 Å². The molecule has 1 saturated carbocycles. The molecule has 1 aliphatic carbocycles. The maximum atomic E-state index is 11.8. The highest BCUT2D eigenvalue weighted by Gasteiger charge is 2.30. The van der Waals surface area contributed by atoms with E-state index in [2.05, 4.69) is 22.6 Å². The van der Waals surface area contributed by atoms with Gasteiger partial charge in [0.2, 0.25) is 0 Å². The predicted molar refractivity (Wildman–Crippen MR) is 71.0 cm³/mol. The van der Waals surface area contributed by atoms with Gasteiger partial charge in [0.05, 0.1) is 5.92 Å². The first-order valence-corrected chi connectivity index (χ1v) is 7.03. The molecule has 19 heavy (non-hydrogen) atoms. The highest BCUT2D eigenvalue weighted by atomic mass is 16.4. The van der Waals surface area contributed by atoms with Crippen LogP contribution in [0, 0.1) is 5.92 Å². The van der Waals surface area contributed by atoms with Gasteiger partial charge in [0.15, 0.2) is 0 Å². The molecule has 0 aromatic heterocycles. The maximum Gasteiger partial charge on any atom is 0.315 e. The zero-order valence-electron chi connectivity index (χ0n) is 11.4. The van der Waals surface area contributed by atoms with Gasteiger partial charge in [-0.15, -0.1) is 0 Å². The minimum Gasteiger partial charge on any atom is -0.481 e. The summed E-state index contributed by atoms with van der Waals surface area (Å²) in [6.45, 7) is 2.02. The van der Waals surface area contributed by atoms with E-state index in [0.29, 0.717) is 12.8 Å². The summed E-state index contributed by atoms with van der Waals surface area (Å²) in [5.74, 6) is -1.05. The Morgan fingerprint density at radius 1 is 1.05 bits per heavy atom. The van der Waals surface area contributed by atoms with Gasteiger partial charge < -0.3 is 20.6 Å². The number of carbonyl (C=O) groups is 2. The van der Waals surface area contributed by atoms with Crippen LogP contribution in [0.5, 0.6) is 0 Å². The quantitative estimate of drug-likeness (QED) is 0.702. The number of nitrogens with zero attached hydrogens (tertiary/aromatic N) is 1. The van der Waals surface area contributed by atoms with E-state index in [1.165, 1.54) is 0 Å². The van der Waals surface area contributed by atoms with Crippen LogP contribution in [0.4, 0.5) is 4.79 Å². The second-order valence-electron chi connectivity index (χ2n) is 5.74. The summed E-state index contributed by atoms with van der Waals surface area (Å²) in [4.78, 5) is 24.9. The number of amides is 2. The molecule has 2 atom stereocenters. The average molecular weight is 269 g/mol. The average Bonchev–Trinajstić information content (AvgIpc) is 2.80. The van der Waals surface area contributed by atoms with E-state index in [1.54, 1.807) is 0 Å². The van der Waals surface area contributed by atoms with Crippen LogP contribution in [0.1, 0.15) is 32.1 Å².